The van der Waals surface area contributed by atoms with Crippen molar-refractivity contribution < 1.29 is 9.60 Å². The average Bonchev–Trinajstić information content (AvgIpc) is 2.88. The Bertz CT molecular complexity index is 892. The summed E-state index contributed by atoms with van der Waals surface area (Å²) in [5, 5.41) is 0. The van der Waals surface area contributed by atoms with E-state index >= 15 is 0 Å². The summed E-state index contributed by atoms with van der Waals surface area (Å²) in [6, 6.07) is -0.799. The van der Waals surface area contributed by atoms with Gasteiger partial charge in [-0.05, 0) is 39.7 Å². The van der Waals surface area contributed by atoms with Crippen molar-refractivity contribution in [2.45, 2.75) is 32.6 Å². The fourth-order valence-corrected chi connectivity index (χ4v) is 2.01. The van der Waals surface area contributed by atoms with Crippen molar-refractivity contribution in [2.24, 2.45) is 0 Å². The molecule has 0 spiro atoms. The van der Waals surface area contributed by atoms with Crippen LogP contribution in [-0.4, -0.2) is 0 Å². The highest BCUT2D eigenvalue weighted by Gasteiger charge is 2.21. The molecule has 0 nitrogen and oxygen atoms in total. The molecule has 0 aliphatic heterocycles. The van der Waals surface area contributed by atoms with Crippen molar-refractivity contribution in [1.29, 1.82) is 0 Å². The molecule has 2 aromatic rings. The predicted octanol–water partition coefficient (Wildman–Crippen LogP) is 4.56. The van der Waals surface area contributed by atoms with Gasteiger partial charge in [-0.2, -0.15) is 0 Å². The zero-order valence-corrected chi connectivity index (χ0v) is 10.2. The summed E-state index contributed by atoms with van der Waals surface area (Å²) in [5.41, 5.74) is 1.52. The lowest BCUT2D eigenvalue weighted by atomic mass is 9.85. The lowest BCUT2D eigenvalue weighted by Crippen LogP contribution is -2.10. The third kappa shape index (κ3) is 1.68. The minimum Gasteiger partial charge on any atom is -0.0619 e. The van der Waals surface area contributed by atoms with Crippen molar-refractivity contribution >= 4 is 0 Å². The molecule has 0 amide bonds. The summed E-state index contributed by atoms with van der Waals surface area (Å²) in [7, 11) is 0. The quantitative estimate of drug-likeness (QED) is 0.530. The van der Waals surface area contributed by atoms with E-state index in [1.54, 1.807) is 0 Å². The summed E-state index contributed by atoms with van der Waals surface area (Å²) in [6.07, 6.45) is 0.169. The van der Waals surface area contributed by atoms with Gasteiger partial charge in [-0.3, -0.25) is 0 Å². The molecule has 0 unspecified atom stereocenters. The minimum absolute atomic E-state index is 0.00862. The first-order valence-corrected chi connectivity index (χ1v) is 5.71. The number of benzene rings is 2. The summed E-state index contributed by atoms with van der Waals surface area (Å²) < 4.78 is 57.2. The number of hydrogen-bond acceptors (Lipinski definition) is 0. The first kappa shape index (κ1) is 5.39. The maximum atomic E-state index is 8.59. The SMILES string of the molecule is [2H]c1c([2H])c([2H])c2c(c1[2H])Cc1c([2H])c([2H])c(C(C)(C)C)c([2H])c1-2. The van der Waals surface area contributed by atoms with E-state index < -0.39 is 5.41 Å². The molecule has 2 aromatic carbocycles. The van der Waals surface area contributed by atoms with Crippen LogP contribution in [0, 0.1) is 0 Å². The van der Waals surface area contributed by atoms with E-state index in [4.69, 9.17) is 9.60 Å². The molecule has 0 bridgehead atoms. The first-order chi connectivity index (χ1) is 11.0. The molecule has 17 heavy (non-hydrogen) atoms. The van der Waals surface area contributed by atoms with Gasteiger partial charge in [0.05, 0.1) is 9.60 Å². The van der Waals surface area contributed by atoms with Gasteiger partial charge in [-0.1, -0.05) is 63.1 Å². The smallest absolute Gasteiger partial charge is 0.0619 e. The van der Waals surface area contributed by atoms with Crippen LogP contribution in [0.1, 0.15) is 47.1 Å². The second-order valence-electron chi connectivity index (χ2n) is 5.38. The molecular formula is C17H18. The van der Waals surface area contributed by atoms with Gasteiger partial charge in [0, 0.05) is 0 Å². The molecule has 86 valence electrons. The van der Waals surface area contributed by atoms with Crippen LogP contribution in [0.5, 0.6) is 0 Å². The maximum Gasteiger partial charge on any atom is 0.0632 e. The lowest BCUT2D eigenvalue weighted by molar-refractivity contribution is 0.590. The Balaban J connectivity index is 2.49. The Morgan fingerprint density at radius 1 is 0.941 bits per heavy atom. The molecule has 1 aliphatic carbocycles. The largest absolute Gasteiger partial charge is 0.0632 e. The molecule has 3 rings (SSSR count). The molecule has 0 saturated carbocycles. The number of fused-ring (bicyclic) bond motifs is 3. The van der Waals surface area contributed by atoms with Crippen LogP contribution in [0.25, 0.3) is 11.1 Å². The van der Waals surface area contributed by atoms with Crippen LogP contribution < -0.4 is 0 Å². The summed E-state index contributed by atoms with van der Waals surface area (Å²) >= 11 is 0. The van der Waals surface area contributed by atoms with E-state index in [1.807, 2.05) is 20.8 Å². The highest BCUT2D eigenvalue weighted by molar-refractivity contribution is 5.77. The minimum atomic E-state index is -0.507. The zero-order chi connectivity index (χ0) is 18.1. The second kappa shape index (κ2) is 3.46. The first-order valence-electron chi connectivity index (χ1n) is 9.21. The summed E-state index contributed by atoms with van der Waals surface area (Å²) in [4.78, 5) is 0. The number of hydrogen-bond donors (Lipinski definition) is 0. The van der Waals surface area contributed by atoms with Gasteiger partial charge >= 0.3 is 0 Å². The number of rotatable bonds is 0. The van der Waals surface area contributed by atoms with E-state index in [0.29, 0.717) is 27.8 Å². The summed E-state index contributed by atoms with van der Waals surface area (Å²) in [6.45, 7) is 5.63. The van der Waals surface area contributed by atoms with Crippen LogP contribution in [0.2, 0.25) is 0 Å². The van der Waals surface area contributed by atoms with Crippen molar-refractivity contribution in [3.8, 4) is 11.1 Å². The molecular weight excluding hydrogens is 204 g/mol. The van der Waals surface area contributed by atoms with E-state index in [9.17, 15) is 0 Å². The average molecular weight is 229 g/mol. The Morgan fingerprint density at radius 2 is 1.65 bits per heavy atom. The van der Waals surface area contributed by atoms with Crippen LogP contribution >= 0.6 is 0 Å². The van der Waals surface area contributed by atoms with Crippen molar-refractivity contribution in [2.75, 3.05) is 0 Å². The molecule has 0 saturated heterocycles. The predicted molar refractivity (Wildman–Crippen MR) is 73.4 cm³/mol. The van der Waals surface area contributed by atoms with E-state index in [2.05, 4.69) is 0 Å². The maximum absolute atomic E-state index is 8.59. The Labute approximate surface area is 113 Å². The zero-order valence-electron chi connectivity index (χ0n) is 17.2. The van der Waals surface area contributed by atoms with Gasteiger partial charge in [0.1, 0.15) is 0 Å². The fraction of sp³-hybridized carbons (Fsp3) is 0.294. The molecule has 0 radical (unpaired) electrons. The fourth-order valence-electron chi connectivity index (χ4n) is 2.01. The van der Waals surface area contributed by atoms with Crippen molar-refractivity contribution in [1.82, 2.24) is 0 Å². The monoisotopic (exact) mass is 229 g/mol. The normalized spacial score (nSPS) is 19.1. The molecule has 0 atom stereocenters. The highest BCUT2D eigenvalue weighted by Crippen LogP contribution is 2.38. The van der Waals surface area contributed by atoms with Gasteiger partial charge in [0.15, 0.2) is 0 Å². The van der Waals surface area contributed by atoms with Gasteiger partial charge in [0.2, 0.25) is 0 Å². The van der Waals surface area contributed by atoms with E-state index in [0.717, 1.165) is 0 Å². The molecule has 0 heterocycles. The molecule has 0 fully saturated rings. The lowest BCUT2D eigenvalue weighted by Gasteiger charge is -2.20. The third-order valence-electron chi connectivity index (χ3n) is 3.01. The van der Waals surface area contributed by atoms with Crippen molar-refractivity contribution in [3.05, 3.63) is 59.0 Å². The van der Waals surface area contributed by atoms with Crippen LogP contribution in [0.4, 0.5) is 0 Å². The standard InChI is InChI=1S/C17H18/c1-17(2,3)14-9-8-13-10-12-6-4-5-7-15(12)16(13)11-14/h4-9,11H,10H2,1-3H3/i4D,5D,6D,7D,8D,9D,11D. The summed E-state index contributed by atoms with van der Waals surface area (Å²) in [5.74, 6) is 0. The van der Waals surface area contributed by atoms with Crippen LogP contribution in [0.15, 0.2) is 42.3 Å². The van der Waals surface area contributed by atoms with Crippen LogP contribution in [0.3, 0.4) is 0 Å². The van der Waals surface area contributed by atoms with Gasteiger partial charge in [0.25, 0.3) is 0 Å². The van der Waals surface area contributed by atoms with Gasteiger partial charge in [-0.25, -0.2) is 0 Å². The third-order valence-corrected chi connectivity index (χ3v) is 3.01. The Morgan fingerprint density at radius 3 is 2.41 bits per heavy atom. The van der Waals surface area contributed by atoms with Gasteiger partial charge < -0.3 is 0 Å². The highest BCUT2D eigenvalue weighted by atomic mass is 14.2. The van der Waals surface area contributed by atoms with E-state index in [-0.39, 0.29) is 48.7 Å². The molecule has 1 aliphatic rings. The van der Waals surface area contributed by atoms with Crippen LogP contribution in [-0.2, 0) is 11.8 Å². The molecule has 0 heteroatoms. The molecule has 0 aromatic heterocycles. The topological polar surface area (TPSA) is 0 Å². The van der Waals surface area contributed by atoms with E-state index in [1.165, 1.54) is 0 Å². The van der Waals surface area contributed by atoms with Gasteiger partial charge in [-0.15, -0.1) is 0 Å². The molecule has 0 N–H and O–H groups in total. The van der Waals surface area contributed by atoms with Crippen molar-refractivity contribution in [3.63, 3.8) is 0 Å². The second-order valence-corrected chi connectivity index (χ2v) is 5.38. The Kier molecular flexibility index (Phi) is 1.10. The Hall–Kier alpha value is -1.56.